The number of methoxy groups -OCH3 is 1. The average molecular weight is 374 g/mol. The summed E-state index contributed by atoms with van der Waals surface area (Å²) in [5, 5.41) is 2.84. The van der Waals surface area contributed by atoms with Crippen molar-refractivity contribution in [1.29, 1.82) is 0 Å². The van der Waals surface area contributed by atoms with Crippen LogP contribution in [0.4, 0.5) is 11.4 Å². The van der Waals surface area contributed by atoms with E-state index in [0.29, 0.717) is 35.7 Å². The smallest absolute Gasteiger partial charge is 0.255 e. The first kappa shape index (κ1) is 18.3. The first-order chi connectivity index (χ1) is 12.4. The van der Waals surface area contributed by atoms with Crippen molar-refractivity contribution in [3.8, 4) is 5.75 Å². The van der Waals surface area contributed by atoms with E-state index < -0.39 is 10.0 Å². The third-order valence-electron chi connectivity index (χ3n) is 4.37. The monoisotopic (exact) mass is 374 g/mol. The molecule has 1 saturated heterocycles. The number of nitrogens with one attached hydrogen (secondary N) is 1. The average Bonchev–Trinajstić information content (AvgIpc) is 2.62. The Labute approximate surface area is 153 Å². The topological polar surface area (TPSA) is 75.7 Å². The Kier molecular flexibility index (Phi) is 5.18. The SMILES string of the molecule is COc1ccc(C)cc1NC(=O)c1ccc(N2CCCCS2(=O)=O)cc1. The Bertz CT molecular complexity index is 908. The zero-order chi connectivity index (χ0) is 18.7. The molecule has 0 unspecified atom stereocenters. The van der Waals surface area contributed by atoms with Crippen molar-refractivity contribution < 1.29 is 17.9 Å². The third kappa shape index (κ3) is 3.83. The van der Waals surface area contributed by atoms with Gasteiger partial charge < -0.3 is 10.1 Å². The van der Waals surface area contributed by atoms with Crippen LogP contribution >= 0.6 is 0 Å². The van der Waals surface area contributed by atoms with Crippen molar-refractivity contribution in [2.75, 3.05) is 29.0 Å². The van der Waals surface area contributed by atoms with Gasteiger partial charge in [0.1, 0.15) is 5.75 Å². The summed E-state index contributed by atoms with van der Waals surface area (Å²) >= 11 is 0. The molecule has 3 rings (SSSR count). The molecule has 1 heterocycles. The number of nitrogens with zero attached hydrogens (tertiary/aromatic N) is 1. The maximum atomic E-state index is 12.5. The van der Waals surface area contributed by atoms with Gasteiger partial charge in [-0.05, 0) is 61.7 Å². The van der Waals surface area contributed by atoms with Crippen LogP contribution in [0.5, 0.6) is 5.75 Å². The normalized spacial score (nSPS) is 16.2. The molecule has 6 nitrogen and oxygen atoms in total. The summed E-state index contributed by atoms with van der Waals surface area (Å²) in [6.45, 7) is 2.41. The number of benzene rings is 2. The van der Waals surface area contributed by atoms with Gasteiger partial charge in [0.25, 0.3) is 5.91 Å². The van der Waals surface area contributed by atoms with Crippen LogP contribution in [0.15, 0.2) is 42.5 Å². The standard InChI is InChI=1S/C19H22N2O4S/c1-14-5-10-18(25-2)17(13-14)20-19(22)15-6-8-16(9-7-15)21-11-3-4-12-26(21,23)24/h5-10,13H,3-4,11-12H2,1-2H3,(H,20,22). The number of rotatable bonds is 4. The van der Waals surface area contributed by atoms with E-state index in [-0.39, 0.29) is 11.7 Å². The van der Waals surface area contributed by atoms with E-state index >= 15 is 0 Å². The van der Waals surface area contributed by atoms with Gasteiger partial charge in [-0.25, -0.2) is 8.42 Å². The zero-order valence-corrected chi connectivity index (χ0v) is 15.7. The van der Waals surface area contributed by atoms with Crippen LogP contribution in [0.25, 0.3) is 0 Å². The van der Waals surface area contributed by atoms with Gasteiger partial charge in [-0.3, -0.25) is 9.10 Å². The van der Waals surface area contributed by atoms with Gasteiger partial charge in [-0.15, -0.1) is 0 Å². The molecule has 0 aromatic heterocycles. The van der Waals surface area contributed by atoms with Crippen LogP contribution in [-0.2, 0) is 10.0 Å². The molecule has 0 bridgehead atoms. The summed E-state index contributed by atoms with van der Waals surface area (Å²) < 4.78 is 31.0. The van der Waals surface area contributed by atoms with Gasteiger partial charge >= 0.3 is 0 Å². The lowest BCUT2D eigenvalue weighted by molar-refractivity contribution is 0.102. The number of ether oxygens (including phenoxy) is 1. The highest BCUT2D eigenvalue weighted by molar-refractivity contribution is 7.92. The molecule has 138 valence electrons. The lowest BCUT2D eigenvalue weighted by Crippen LogP contribution is -2.37. The highest BCUT2D eigenvalue weighted by atomic mass is 32.2. The molecule has 0 spiro atoms. The minimum absolute atomic E-state index is 0.169. The van der Waals surface area contributed by atoms with Gasteiger partial charge in [0.2, 0.25) is 10.0 Å². The molecule has 1 amide bonds. The summed E-state index contributed by atoms with van der Waals surface area (Å²) in [5.41, 5.74) is 2.65. The van der Waals surface area contributed by atoms with E-state index in [4.69, 9.17) is 4.74 Å². The molecule has 1 N–H and O–H groups in total. The zero-order valence-electron chi connectivity index (χ0n) is 14.9. The van der Waals surface area contributed by atoms with E-state index in [1.54, 1.807) is 37.4 Å². The van der Waals surface area contributed by atoms with E-state index in [1.165, 1.54) is 4.31 Å². The number of hydrogen-bond acceptors (Lipinski definition) is 4. The summed E-state index contributed by atoms with van der Waals surface area (Å²) in [4.78, 5) is 12.5. The summed E-state index contributed by atoms with van der Waals surface area (Å²) in [6.07, 6.45) is 1.53. The van der Waals surface area contributed by atoms with Crippen LogP contribution in [0.3, 0.4) is 0 Å². The van der Waals surface area contributed by atoms with Crippen LogP contribution in [0.1, 0.15) is 28.8 Å². The minimum atomic E-state index is -3.26. The van der Waals surface area contributed by atoms with Gasteiger partial charge in [-0.2, -0.15) is 0 Å². The number of amides is 1. The van der Waals surface area contributed by atoms with Crippen LogP contribution in [-0.4, -0.2) is 33.7 Å². The number of sulfonamides is 1. The third-order valence-corrected chi connectivity index (χ3v) is 6.24. The highest BCUT2D eigenvalue weighted by Gasteiger charge is 2.26. The molecule has 2 aromatic carbocycles. The Morgan fingerprint density at radius 2 is 1.85 bits per heavy atom. The van der Waals surface area contributed by atoms with Crippen LogP contribution in [0.2, 0.25) is 0 Å². The predicted octanol–water partition coefficient (Wildman–Crippen LogP) is 3.19. The Hall–Kier alpha value is -2.54. The molecule has 26 heavy (non-hydrogen) atoms. The molecule has 0 radical (unpaired) electrons. The van der Waals surface area contributed by atoms with Crippen molar-refractivity contribution in [1.82, 2.24) is 0 Å². The predicted molar refractivity (Wildman–Crippen MR) is 102 cm³/mol. The maximum Gasteiger partial charge on any atom is 0.255 e. The number of hydrogen-bond donors (Lipinski definition) is 1. The molecular formula is C19H22N2O4S. The molecule has 1 aliphatic heterocycles. The van der Waals surface area contributed by atoms with Gasteiger partial charge in [0.05, 0.1) is 24.2 Å². The first-order valence-corrected chi connectivity index (χ1v) is 10.1. The number of anilines is 2. The molecule has 1 aliphatic rings. The van der Waals surface area contributed by atoms with E-state index in [0.717, 1.165) is 12.0 Å². The van der Waals surface area contributed by atoms with Crippen LogP contribution < -0.4 is 14.4 Å². The van der Waals surface area contributed by atoms with E-state index in [9.17, 15) is 13.2 Å². The fourth-order valence-electron chi connectivity index (χ4n) is 2.97. The lowest BCUT2D eigenvalue weighted by Gasteiger charge is -2.28. The lowest BCUT2D eigenvalue weighted by atomic mass is 10.1. The second kappa shape index (κ2) is 7.37. The van der Waals surface area contributed by atoms with Crippen molar-refractivity contribution in [3.63, 3.8) is 0 Å². The first-order valence-electron chi connectivity index (χ1n) is 8.47. The van der Waals surface area contributed by atoms with Gasteiger partial charge in [-0.1, -0.05) is 6.07 Å². The molecule has 0 saturated carbocycles. The van der Waals surface area contributed by atoms with Gasteiger partial charge in [0.15, 0.2) is 0 Å². The van der Waals surface area contributed by atoms with Crippen molar-refractivity contribution in [3.05, 3.63) is 53.6 Å². The Balaban J connectivity index is 1.78. The maximum absolute atomic E-state index is 12.5. The molecule has 0 atom stereocenters. The number of carbonyl (C=O) groups excluding carboxylic acids is 1. The molecule has 1 fully saturated rings. The van der Waals surface area contributed by atoms with E-state index in [1.807, 2.05) is 19.1 Å². The van der Waals surface area contributed by atoms with Crippen molar-refractivity contribution >= 4 is 27.3 Å². The Morgan fingerprint density at radius 3 is 2.50 bits per heavy atom. The van der Waals surface area contributed by atoms with Crippen LogP contribution in [0, 0.1) is 6.92 Å². The molecule has 2 aromatic rings. The molecule has 7 heteroatoms. The summed E-state index contributed by atoms with van der Waals surface area (Å²) in [5.74, 6) is 0.476. The second-order valence-electron chi connectivity index (χ2n) is 6.30. The Morgan fingerprint density at radius 1 is 1.12 bits per heavy atom. The quantitative estimate of drug-likeness (QED) is 0.892. The number of carbonyl (C=O) groups is 1. The molecular weight excluding hydrogens is 352 g/mol. The van der Waals surface area contributed by atoms with Gasteiger partial charge in [0, 0.05) is 12.1 Å². The van der Waals surface area contributed by atoms with Crippen molar-refractivity contribution in [2.45, 2.75) is 19.8 Å². The van der Waals surface area contributed by atoms with Crippen molar-refractivity contribution in [2.24, 2.45) is 0 Å². The summed E-state index contributed by atoms with van der Waals surface area (Å²) in [6, 6.07) is 12.2. The molecule has 0 aliphatic carbocycles. The second-order valence-corrected chi connectivity index (χ2v) is 8.31. The highest BCUT2D eigenvalue weighted by Crippen LogP contribution is 2.27. The number of aryl methyl sites for hydroxylation is 1. The fourth-order valence-corrected chi connectivity index (χ4v) is 4.61. The fraction of sp³-hybridized carbons (Fsp3) is 0.316. The van der Waals surface area contributed by atoms with E-state index in [2.05, 4.69) is 5.32 Å². The summed E-state index contributed by atoms with van der Waals surface area (Å²) in [7, 11) is -1.71. The minimum Gasteiger partial charge on any atom is -0.495 e. The largest absolute Gasteiger partial charge is 0.495 e.